The molecule has 1 heterocycles. The van der Waals surface area contributed by atoms with Gasteiger partial charge in [0.15, 0.2) is 0 Å². The third kappa shape index (κ3) is 4.32. The highest BCUT2D eigenvalue weighted by Crippen LogP contribution is 2.27. The molecule has 1 aliphatic heterocycles. The van der Waals surface area contributed by atoms with E-state index in [0.717, 1.165) is 19.8 Å². The summed E-state index contributed by atoms with van der Waals surface area (Å²) >= 11 is 0. The van der Waals surface area contributed by atoms with Crippen LogP contribution < -0.4 is 5.32 Å². The van der Waals surface area contributed by atoms with Gasteiger partial charge in [0.25, 0.3) is 0 Å². The third-order valence-corrected chi connectivity index (χ3v) is 4.26. The number of benzene rings is 1. The van der Waals surface area contributed by atoms with Crippen LogP contribution in [0.15, 0.2) is 24.3 Å². The molecule has 1 aliphatic rings. The lowest BCUT2D eigenvalue weighted by atomic mass is 9.86. The van der Waals surface area contributed by atoms with E-state index in [0.29, 0.717) is 11.5 Å². The molecular formula is C18H29NO. The number of rotatable bonds is 7. The van der Waals surface area contributed by atoms with Crippen molar-refractivity contribution in [3.8, 4) is 0 Å². The fourth-order valence-electron chi connectivity index (χ4n) is 2.89. The largest absolute Gasteiger partial charge is 0.375 e. The van der Waals surface area contributed by atoms with Gasteiger partial charge in [-0.25, -0.2) is 0 Å². The van der Waals surface area contributed by atoms with Crippen LogP contribution in [0.2, 0.25) is 0 Å². The topological polar surface area (TPSA) is 21.3 Å². The van der Waals surface area contributed by atoms with Gasteiger partial charge in [-0.15, -0.1) is 0 Å². The van der Waals surface area contributed by atoms with Gasteiger partial charge in [0.1, 0.15) is 0 Å². The molecule has 0 aromatic heterocycles. The number of ether oxygens (including phenoxy) is 1. The average molecular weight is 275 g/mol. The van der Waals surface area contributed by atoms with Crippen LogP contribution in [0.4, 0.5) is 0 Å². The molecule has 0 amide bonds. The second kappa shape index (κ2) is 7.24. The molecule has 1 N–H and O–H groups in total. The Labute approximate surface area is 123 Å². The number of hydrogen-bond donors (Lipinski definition) is 1. The molecule has 1 atom stereocenters. The smallest absolute Gasteiger partial charge is 0.0721 e. The lowest BCUT2D eigenvalue weighted by molar-refractivity contribution is 0.0783. The average Bonchev–Trinajstić information content (AvgIpc) is 2.45. The molecule has 1 aromatic carbocycles. The van der Waals surface area contributed by atoms with E-state index >= 15 is 0 Å². The van der Waals surface area contributed by atoms with Gasteiger partial charge in [0.2, 0.25) is 0 Å². The van der Waals surface area contributed by atoms with Crippen molar-refractivity contribution in [1.29, 1.82) is 0 Å². The van der Waals surface area contributed by atoms with Crippen LogP contribution in [0.1, 0.15) is 63.6 Å². The van der Waals surface area contributed by atoms with Crippen LogP contribution in [-0.4, -0.2) is 13.2 Å². The van der Waals surface area contributed by atoms with Crippen molar-refractivity contribution in [2.75, 3.05) is 13.2 Å². The predicted octanol–water partition coefficient (Wildman–Crippen LogP) is 4.45. The highest BCUT2D eigenvalue weighted by molar-refractivity contribution is 5.31. The first kappa shape index (κ1) is 15.5. The van der Waals surface area contributed by atoms with E-state index in [2.05, 4.69) is 50.4 Å². The zero-order chi connectivity index (χ0) is 14.4. The van der Waals surface area contributed by atoms with Gasteiger partial charge in [-0.05, 0) is 23.0 Å². The van der Waals surface area contributed by atoms with E-state index in [1.807, 2.05) is 0 Å². The van der Waals surface area contributed by atoms with E-state index in [-0.39, 0.29) is 0 Å². The maximum atomic E-state index is 5.71. The van der Waals surface area contributed by atoms with Gasteiger partial charge < -0.3 is 10.1 Å². The Kier molecular flexibility index (Phi) is 5.62. The van der Waals surface area contributed by atoms with Crippen molar-refractivity contribution < 1.29 is 4.74 Å². The zero-order valence-corrected chi connectivity index (χ0v) is 13.2. The Morgan fingerprint density at radius 2 is 2.05 bits per heavy atom. The molecule has 112 valence electrons. The maximum absolute atomic E-state index is 5.71. The molecule has 1 aromatic rings. The Morgan fingerprint density at radius 1 is 1.25 bits per heavy atom. The molecule has 0 bridgehead atoms. The summed E-state index contributed by atoms with van der Waals surface area (Å²) in [5, 5.41) is 3.72. The monoisotopic (exact) mass is 275 g/mol. The lowest BCUT2D eigenvalue weighted by Crippen LogP contribution is -2.36. The second-order valence-corrected chi connectivity index (χ2v) is 6.77. The van der Waals surface area contributed by atoms with Crippen LogP contribution in [0, 0.1) is 5.41 Å². The van der Waals surface area contributed by atoms with Gasteiger partial charge in [-0.2, -0.15) is 0 Å². The molecule has 0 spiro atoms. The van der Waals surface area contributed by atoms with Crippen LogP contribution in [0.3, 0.4) is 0 Å². The molecule has 0 fully saturated rings. The first-order chi connectivity index (χ1) is 9.62. The molecule has 2 nitrogen and oxygen atoms in total. The molecule has 0 aliphatic carbocycles. The summed E-state index contributed by atoms with van der Waals surface area (Å²) in [5.41, 5.74) is 3.12. The van der Waals surface area contributed by atoms with Crippen molar-refractivity contribution in [2.24, 2.45) is 5.41 Å². The predicted molar refractivity (Wildman–Crippen MR) is 84.8 cm³/mol. The minimum absolute atomic E-state index is 0.352. The highest BCUT2D eigenvalue weighted by Gasteiger charge is 2.23. The SMILES string of the molecule is CCCCCC(C)(C)CNC1COCc2ccccc21. The molecule has 0 saturated heterocycles. The minimum atomic E-state index is 0.352. The van der Waals surface area contributed by atoms with E-state index in [4.69, 9.17) is 4.74 Å². The first-order valence-corrected chi connectivity index (χ1v) is 8.01. The molecular weight excluding hydrogens is 246 g/mol. The molecule has 20 heavy (non-hydrogen) atoms. The Morgan fingerprint density at radius 3 is 2.85 bits per heavy atom. The van der Waals surface area contributed by atoms with Gasteiger partial charge in [0, 0.05) is 6.54 Å². The summed E-state index contributed by atoms with van der Waals surface area (Å²) in [5.74, 6) is 0. The Bertz CT molecular complexity index is 414. The molecule has 2 heteroatoms. The minimum Gasteiger partial charge on any atom is -0.375 e. The Hall–Kier alpha value is -0.860. The first-order valence-electron chi connectivity index (χ1n) is 8.01. The molecule has 0 saturated carbocycles. The number of hydrogen-bond acceptors (Lipinski definition) is 2. The summed E-state index contributed by atoms with van der Waals surface area (Å²) in [6.07, 6.45) is 5.28. The maximum Gasteiger partial charge on any atom is 0.0721 e. The normalized spacial score (nSPS) is 18.9. The van der Waals surface area contributed by atoms with Crippen molar-refractivity contribution in [3.05, 3.63) is 35.4 Å². The summed E-state index contributed by atoms with van der Waals surface area (Å²) < 4.78 is 5.71. The number of nitrogens with one attached hydrogen (secondary N) is 1. The zero-order valence-electron chi connectivity index (χ0n) is 13.2. The standard InChI is InChI=1S/C18H29NO/c1-4-5-8-11-18(2,3)14-19-17-13-20-12-15-9-6-7-10-16(15)17/h6-7,9-10,17,19H,4-5,8,11-14H2,1-3H3. The summed E-state index contributed by atoms with van der Waals surface area (Å²) in [6, 6.07) is 8.99. The highest BCUT2D eigenvalue weighted by atomic mass is 16.5. The fraction of sp³-hybridized carbons (Fsp3) is 0.667. The van der Waals surface area contributed by atoms with E-state index in [9.17, 15) is 0 Å². The molecule has 1 unspecified atom stereocenters. The van der Waals surface area contributed by atoms with Crippen LogP contribution in [0.25, 0.3) is 0 Å². The van der Waals surface area contributed by atoms with Crippen LogP contribution in [0.5, 0.6) is 0 Å². The number of fused-ring (bicyclic) bond motifs is 1. The van der Waals surface area contributed by atoms with Gasteiger partial charge in [0.05, 0.1) is 19.3 Å². The molecule has 2 rings (SSSR count). The van der Waals surface area contributed by atoms with Gasteiger partial charge in [-0.3, -0.25) is 0 Å². The van der Waals surface area contributed by atoms with Crippen LogP contribution >= 0.6 is 0 Å². The van der Waals surface area contributed by atoms with E-state index < -0.39 is 0 Å². The summed E-state index contributed by atoms with van der Waals surface area (Å²) in [4.78, 5) is 0. The van der Waals surface area contributed by atoms with Crippen molar-refractivity contribution >= 4 is 0 Å². The molecule has 0 radical (unpaired) electrons. The summed E-state index contributed by atoms with van der Waals surface area (Å²) in [7, 11) is 0. The van der Waals surface area contributed by atoms with Gasteiger partial charge in [-0.1, -0.05) is 64.3 Å². The van der Waals surface area contributed by atoms with Crippen molar-refractivity contribution in [2.45, 2.75) is 59.1 Å². The van der Waals surface area contributed by atoms with E-state index in [1.54, 1.807) is 0 Å². The summed E-state index contributed by atoms with van der Waals surface area (Å²) in [6.45, 7) is 9.60. The quantitative estimate of drug-likeness (QED) is 0.742. The lowest BCUT2D eigenvalue weighted by Gasteiger charge is -2.31. The van der Waals surface area contributed by atoms with Gasteiger partial charge >= 0.3 is 0 Å². The third-order valence-electron chi connectivity index (χ3n) is 4.26. The number of unbranched alkanes of at least 4 members (excludes halogenated alkanes) is 2. The fourth-order valence-corrected chi connectivity index (χ4v) is 2.89. The van der Waals surface area contributed by atoms with Crippen LogP contribution in [-0.2, 0) is 11.3 Å². The van der Waals surface area contributed by atoms with Crippen molar-refractivity contribution in [1.82, 2.24) is 5.32 Å². The van der Waals surface area contributed by atoms with Crippen molar-refractivity contribution in [3.63, 3.8) is 0 Å². The van der Waals surface area contributed by atoms with E-state index in [1.165, 1.54) is 36.8 Å². The second-order valence-electron chi connectivity index (χ2n) is 6.77. The Balaban J connectivity index is 1.88.